The van der Waals surface area contributed by atoms with Crippen LogP contribution in [0, 0.1) is 0 Å². The first-order chi connectivity index (χ1) is 8.61. The van der Waals surface area contributed by atoms with Crippen molar-refractivity contribution in [2.45, 2.75) is 0 Å². The molecule has 0 aliphatic carbocycles. The second kappa shape index (κ2) is 4.97. The molecule has 6 heteroatoms. The Labute approximate surface area is 110 Å². The summed E-state index contributed by atoms with van der Waals surface area (Å²) in [7, 11) is 1.57. The molecule has 0 fully saturated rings. The smallest absolute Gasteiger partial charge is 0.271 e. The lowest BCUT2D eigenvalue weighted by molar-refractivity contribution is 0.0958. The predicted molar refractivity (Wildman–Crippen MR) is 72.8 cm³/mol. The third kappa shape index (κ3) is 2.38. The van der Waals surface area contributed by atoms with Crippen molar-refractivity contribution in [3.63, 3.8) is 0 Å². The maximum absolute atomic E-state index is 11.4. The molecule has 92 valence electrons. The van der Waals surface area contributed by atoms with E-state index in [4.69, 9.17) is 18.0 Å². The molecule has 2 rings (SSSR count). The van der Waals surface area contributed by atoms with Gasteiger partial charge < -0.3 is 11.1 Å². The number of aromatic nitrogens is 2. The lowest BCUT2D eigenvalue weighted by Gasteiger charge is -2.03. The minimum absolute atomic E-state index is 0.214. The first-order valence-electron chi connectivity index (χ1n) is 5.30. The standard InChI is InChI=1S/C12H12N4OS/c1-14-12(17)10-6-7-16(15-10)9-4-2-8(3-5-9)11(13)18/h2-7H,1H3,(H2,13,18)(H,14,17). The number of nitrogens with zero attached hydrogens (tertiary/aromatic N) is 2. The highest BCUT2D eigenvalue weighted by atomic mass is 32.1. The Morgan fingerprint density at radius 1 is 1.33 bits per heavy atom. The summed E-state index contributed by atoms with van der Waals surface area (Å²) >= 11 is 4.88. The third-order valence-electron chi connectivity index (χ3n) is 2.47. The van der Waals surface area contributed by atoms with Gasteiger partial charge >= 0.3 is 0 Å². The minimum Gasteiger partial charge on any atom is -0.389 e. The largest absolute Gasteiger partial charge is 0.389 e. The van der Waals surface area contributed by atoms with Gasteiger partial charge in [0, 0.05) is 18.8 Å². The first-order valence-corrected chi connectivity index (χ1v) is 5.70. The van der Waals surface area contributed by atoms with E-state index in [1.165, 1.54) is 0 Å². The summed E-state index contributed by atoms with van der Waals surface area (Å²) in [5.74, 6) is -0.214. The van der Waals surface area contributed by atoms with Gasteiger partial charge in [-0.15, -0.1) is 0 Å². The van der Waals surface area contributed by atoms with Gasteiger partial charge in [-0.2, -0.15) is 5.10 Å². The van der Waals surface area contributed by atoms with Gasteiger partial charge in [0.1, 0.15) is 4.99 Å². The predicted octanol–water partition coefficient (Wildman–Crippen LogP) is 0.866. The molecule has 3 N–H and O–H groups in total. The van der Waals surface area contributed by atoms with Crippen LogP contribution in [-0.4, -0.2) is 27.7 Å². The second-order valence-corrected chi connectivity index (χ2v) is 4.08. The summed E-state index contributed by atoms with van der Waals surface area (Å²) in [6.07, 6.45) is 1.72. The van der Waals surface area contributed by atoms with Crippen LogP contribution in [0.4, 0.5) is 0 Å². The van der Waals surface area contributed by atoms with Crippen molar-refractivity contribution < 1.29 is 4.79 Å². The number of rotatable bonds is 3. The summed E-state index contributed by atoms with van der Waals surface area (Å²) in [6, 6.07) is 8.97. The van der Waals surface area contributed by atoms with Crippen molar-refractivity contribution in [1.82, 2.24) is 15.1 Å². The number of carbonyl (C=O) groups excluding carboxylic acids is 1. The fourth-order valence-corrected chi connectivity index (χ4v) is 1.63. The number of amides is 1. The molecular formula is C12H12N4OS. The van der Waals surface area contributed by atoms with Gasteiger partial charge in [0.15, 0.2) is 5.69 Å². The van der Waals surface area contributed by atoms with E-state index in [2.05, 4.69) is 10.4 Å². The van der Waals surface area contributed by atoms with Gasteiger partial charge in [-0.3, -0.25) is 4.79 Å². The minimum atomic E-state index is -0.214. The molecule has 1 aromatic carbocycles. The van der Waals surface area contributed by atoms with E-state index in [0.29, 0.717) is 10.7 Å². The molecule has 0 bridgehead atoms. The number of nitrogens with one attached hydrogen (secondary N) is 1. The van der Waals surface area contributed by atoms with E-state index < -0.39 is 0 Å². The molecular weight excluding hydrogens is 248 g/mol. The van der Waals surface area contributed by atoms with Crippen LogP contribution in [0.3, 0.4) is 0 Å². The van der Waals surface area contributed by atoms with E-state index >= 15 is 0 Å². The number of hydrogen-bond acceptors (Lipinski definition) is 3. The summed E-state index contributed by atoms with van der Waals surface area (Å²) in [4.78, 5) is 11.7. The van der Waals surface area contributed by atoms with E-state index in [1.807, 2.05) is 24.3 Å². The third-order valence-corrected chi connectivity index (χ3v) is 2.70. The number of hydrogen-bond donors (Lipinski definition) is 2. The van der Waals surface area contributed by atoms with Crippen LogP contribution < -0.4 is 11.1 Å². The summed E-state index contributed by atoms with van der Waals surface area (Å²) < 4.78 is 1.62. The average molecular weight is 260 g/mol. The Hall–Kier alpha value is -2.21. The van der Waals surface area contributed by atoms with Crippen LogP contribution in [0.15, 0.2) is 36.5 Å². The first kappa shape index (κ1) is 12.3. The average Bonchev–Trinajstić information content (AvgIpc) is 2.87. The van der Waals surface area contributed by atoms with E-state index in [1.54, 1.807) is 24.0 Å². The molecule has 0 saturated heterocycles. The van der Waals surface area contributed by atoms with Gasteiger partial charge in [-0.05, 0) is 30.3 Å². The summed E-state index contributed by atoms with van der Waals surface area (Å²) in [5.41, 5.74) is 7.53. The van der Waals surface area contributed by atoms with Gasteiger partial charge in [-0.1, -0.05) is 12.2 Å². The van der Waals surface area contributed by atoms with Crippen LogP contribution in [0.1, 0.15) is 16.1 Å². The monoisotopic (exact) mass is 260 g/mol. The van der Waals surface area contributed by atoms with Crippen LogP contribution >= 0.6 is 12.2 Å². The molecule has 0 saturated carbocycles. The Balaban J connectivity index is 2.29. The zero-order valence-corrected chi connectivity index (χ0v) is 10.6. The Kier molecular flexibility index (Phi) is 3.38. The molecule has 18 heavy (non-hydrogen) atoms. The fourth-order valence-electron chi connectivity index (χ4n) is 1.50. The fraction of sp³-hybridized carbons (Fsp3) is 0.0833. The summed E-state index contributed by atoms with van der Waals surface area (Å²) in [5, 5.41) is 6.69. The highest BCUT2D eigenvalue weighted by Gasteiger charge is 2.07. The van der Waals surface area contributed by atoms with Crippen LogP contribution in [0.25, 0.3) is 5.69 Å². The normalized spacial score (nSPS) is 10.1. The molecule has 2 aromatic rings. The number of carbonyl (C=O) groups is 1. The highest BCUT2D eigenvalue weighted by molar-refractivity contribution is 7.80. The molecule has 0 spiro atoms. The zero-order valence-electron chi connectivity index (χ0n) is 9.75. The zero-order chi connectivity index (χ0) is 13.1. The van der Waals surface area contributed by atoms with E-state index in [0.717, 1.165) is 11.3 Å². The lowest BCUT2D eigenvalue weighted by Crippen LogP contribution is -2.18. The van der Waals surface area contributed by atoms with Crippen LogP contribution in [0.5, 0.6) is 0 Å². The SMILES string of the molecule is CNC(=O)c1ccn(-c2ccc(C(N)=S)cc2)n1. The van der Waals surface area contributed by atoms with Crippen molar-refractivity contribution in [2.24, 2.45) is 5.73 Å². The molecule has 1 amide bonds. The molecule has 0 aliphatic heterocycles. The lowest BCUT2D eigenvalue weighted by atomic mass is 10.2. The van der Waals surface area contributed by atoms with E-state index in [-0.39, 0.29) is 5.91 Å². The quantitative estimate of drug-likeness (QED) is 0.803. The molecule has 0 aliphatic rings. The molecule has 0 unspecified atom stereocenters. The van der Waals surface area contributed by atoms with Crippen molar-refractivity contribution in [1.29, 1.82) is 0 Å². The molecule has 0 radical (unpaired) electrons. The molecule has 1 heterocycles. The number of benzene rings is 1. The highest BCUT2D eigenvalue weighted by Crippen LogP contribution is 2.09. The molecule has 0 atom stereocenters. The van der Waals surface area contributed by atoms with Gasteiger partial charge in [0.25, 0.3) is 5.91 Å². The number of nitrogens with two attached hydrogens (primary N) is 1. The van der Waals surface area contributed by atoms with Crippen LogP contribution in [0.2, 0.25) is 0 Å². The van der Waals surface area contributed by atoms with Crippen molar-refractivity contribution in [3.8, 4) is 5.69 Å². The Bertz CT molecular complexity index is 588. The Morgan fingerprint density at radius 3 is 2.56 bits per heavy atom. The van der Waals surface area contributed by atoms with Crippen molar-refractivity contribution in [3.05, 3.63) is 47.8 Å². The van der Waals surface area contributed by atoms with Gasteiger partial charge in [-0.25, -0.2) is 4.68 Å². The van der Waals surface area contributed by atoms with Gasteiger partial charge in [0.2, 0.25) is 0 Å². The molecule has 5 nitrogen and oxygen atoms in total. The number of thiocarbonyl (C=S) groups is 1. The van der Waals surface area contributed by atoms with Crippen molar-refractivity contribution >= 4 is 23.1 Å². The topological polar surface area (TPSA) is 72.9 Å². The van der Waals surface area contributed by atoms with Crippen LogP contribution in [-0.2, 0) is 0 Å². The second-order valence-electron chi connectivity index (χ2n) is 3.64. The maximum atomic E-state index is 11.4. The molecule has 1 aromatic heterocycles. The summed E-state index contributed by atoms with van der Waals surface area (Å²) in [6.45, 7) is 0. The van der Waals surface area contributed by atoms with Crippen molar-refractivity contribution in [2.75, 3.05) is 7.05 Å². The van der Waals surface area contributed by atoms with Gasteiger partial charge in [0.05, 0.1) is 5.69 Å². The van der Waals surface area contributed by atoms with E-state index in [9.17, 15) is 4.79 Å². The Morgan fingerprint density at radius 2 is 2.00 bits per heavy atom. The maximum Gasteiger partial charge on any atom is 0.271 e.